The highest BCUT2D eigenvalue weighted by molar-refractivity contribution is 7.17. The Bertz CT molecular complexity index is 1090. The highest BCUT2D eigenvalue weighted by Crippen LogP contribution is 2.31. The molecule has 0 saturated carbocycles. The van der Waals surface area contributed by atoms with Gasteiger partial charge in [0.15, 0.2) is 11.4 Å². The van der Waals surface area contributed by atoms with Crippen LogP contribution < -0.4 is 10.2 Å². The van der Waals surface area contributed by atoms with Crippen LogP contribution >= 0.6 is 11.3 Å². The lowest BCUT2D eigenvalue weighted by Crippen LogP contribution is -2.34. The van der Waals surface area contributed by atoms with E-state index in [0.29, 0.717) is 17.1 Å². The van der Waals surface area contributed by atoms with Crippen molar-refractivity contribution in [2.45, 2.75) is 26.2 Å². The standard InChI is InChI=1S/C22H21FN4O3S/c1-14-19(20(29)24-11-15-5-3-2-4-6-15)31-21(25-14)27-18(28)13-26(22(27)30)12-16-7-9-17(23)10-8-16/h2-10,18,28H,11-13H2,1H3,(H,24,29)/t18-/m1/s1. The number of rotatable bonds is 6. The fraction of sp³-hybridized carbons (Fsp3) is 0.227. The molecule has 1 atom stereocenters. The molecule has 1 aromatic heterocycles. The van der Waals surface area contributed by atoms with Gasteiger partial charge in [-0.2, -0.15) is 0 Å². The van der Waals surface area contributed by atoms with Crippen LogP contribution in [0.25, 0.3) is 0 Å². The number of benzene rings is 2. The highest BCUT2D eigenvalue weighted by atomic mass is 32.1. The summed E-state index contributed by atoms with van der Waals surface area (Å²) in [4.78, 5) is 32.9. The number of thiazole rings is 1. The summed E-state index contributed by atoms with van der Waals surface area (Å²) in [6.07, 6.45) is -1.08. The van der Waals surface area contributed by atoms with Crippen molar-refractivity contribution in [3.63, 3.8) is 0 Å². The molecule has 2 N–H and O–H groups in total. The Kier molecular flexibility index (Phi) is 5.97. The number of hydrogen-bond acceptors (Lipinski definition) is 5. The average Bonchev–Trinajstić information content (AvgIpc) is 3.27. The van der Waals surface area contributed by atoms with Gasteiger partial charge >= 0.3 is 6.03 Å². The van der Waals surface area contributed by atoms with E-state index in [4.69, 9.17) is 0 Å². The molecule has 0 unspecified atom stereocenters. The number of aryl methyl sites for hydroxylation is 1. The van der Waals surface area contributed by atoms with E-state index >= 15 is 0 Å². The number of nitrogens with zero attached hydrogens (tertiary/aromatic N) is 3. The zero-order valence-corrected chi connectivity index (χ0v) is 17.6. The predicted molar refractivity (Wildman–Crippen MR) is 115 cm³/mol. The lowest BCUT2D eigenvalue weighted by Gasteiger charge is -2.17. The molecule has 2 aromatic carbocycles. The van der Waals surface area contributed by atoms with Gasteiger partial charge in [-0.15, -0.1) is 0 Å². The normalized spacial score (nSPS) is 16.1. The van der Waals surface area contributed by atoms with Crippen LogP contribution in [-0.2, 0) is 13.1 Å². The van der Waals surface area contributed by atoms with Gasteiger partial charge in [-0.3, -0.25) is 4.79 Å². The summed E-state index contributed by atoms with van der Waals surface area (Å²) in [7, 11) is 0. The van der Waals surface area contributed by atoms with Gasteiger partial charge in [0, 0.05) is 13.1 Å². The molecular formula is C22H21FN4O3S. The zero-order valence-electron chi connectivity index (χ0n) is 16.8. The van der Waals surface area contributed by atoms with Crippen molar-refractivity contribution in [2.75, 3.05) is 11.4 Å². The van der Waals surface area contributed by atoms with Crippen molar-refractivity contribution in [3.05, 3.63) is 82.1 Å². The Morgan fingerprint density at radius 1 is 1.19 bits per heavy atom. The molecule has 0 bridgehead atoms. The molecule has 4 rings (SSSR count). The van der Waals surface area contributed by atoms with Crippen LogP contribution in [0.2, 0.25) is 0 Å². The van der Waals surface area contributed by atoms with Crippen molar-refractivity contribution in [1.82, 2.24) is 15.2 Å². The minimum Gasteiger partial charge on any atom is -0.371 e. The smallest absolute Gasteiger partial charge is 0.328 e. The van der Waals surface area contributed by atoms with Crippen LogP contribution in [-0.4, -0.2) is 39.7 Å². The van der Waals surface area contributed by atoms with Gasteiger partial charge in [0.25, 0.3) is 5.91 Å². The molecule has 1 saturated heterocycles. The fourth-order valence-electron chi connectivity index (χ4n) is 3.34. The molecule has 3 amide bonds. The zero-order chi connectivity index (χ0) is 22.0. The molecule has 3 aromatic rings. The number of β-amino-alcohol motifs (C(OH)–C–C–N with tert-alkyl or cyclic N) is 1. The Balaban J connectivity index is 1.46. The van der Waals surface area contributed by atoms with E-state index in [9.17, 15) is 19.1 Å². The lowest BCUT2D eigenvalue weighted by molar-refractivity contribution is 0.0954. The number of carbonyl (C=O) groups excluding carboxylic acids is 2. The summed E-state index contributed by atoms with van der Waals surface area (Å²) in [5.41, 5.74) is 2.21. The van der Waals surface area contributed by atoms with E-state index in [1.54, 1.807) is 19.1 Å². The number of carbonyl (C=O) groups is 2. The van der Waals surface area contributed by atoms with Crippen LogP contribution in [0, 0.1) is 12.7 Å². The summed E-state index contributed by atoms with van der Waals surface area (Å²) < 4.78 is 13.1. The highest BCUT2D eigenvalue weighted by Gasteiger charge is 2.39. The Morgan fingerprint density at radius 2 is 1.90 bits per heavy atom. The first-order valence-electron chi connectivity index (χ1n) is 9.72. The third-order valence-electron chi connectivity index (χ3n) is 4.94. The topological polar surface area (TPSA) is 85.8 Å². The van der Waals surface area contributed by atoms with Crippen LogP contribution in [0.15, 0.2) is 54.6 Å². The number of anilines is 1. The Morgan fingerprint density at radius 3 is 2.61 bits per heavy atom. The summed E-state index contributed by atoms with van der Waals surface area (Å²) in [5.74, 6) is -0.635. The maximum Gasteiger partial charge on any atom is 0.328 e. The van der Waals surface area contributed by atoms with Crippen molar-refractivity contribution < 1.29 is 19.1 Å². The molecule has 0 radical (unpaired) electrons. The second kappa shape index (κ2) is 8.83. The summed E-state index contributed by atoms with van der Waals surface area (Å²) in [5, 5.41) is 13.6. The number of amides is 3. The van der Waals surface area contributed by atoms with Gasteiger partial charge in [-0.25, -0.2) is 19.1 Å². The van der Waals surface area contributed by atoms with Crippen molar-refractivity contribution in [3.8, 4) is 0 Å². The molecule has 0 spiro atoms. The third-order valence-corrected chi connectivity index (χ3v) is 6.09. The molecule has 2 heterocycles. The van der Waals surface area contributed by atoms with Crippen molar-refractivity contribution in [2.24, 2.45) is 0 Å². The van der Waals surface area contributed by atoms with Gasteiger partial charge in [0.2, 0.25) is 0 Å². The Labute approximate surface area is 182 Å². The van der Waals surface area contributed by atoms with Crippen LogP contribution in [0.5, 0.6) is 0 Å². The SMILES string of the molecule is Cc1nc(N2C(=O)N(Cc3ccc(F)cc3)C[C@H]2O)sc1C(=O)NCc1ccccc1. The molecule has 7 nitrogen and oxygen atoms in total. The van der Waals surface area contributed by atoms with E-state index in [1.165, 1.54) is 21.9 Å². The first-order chi connectivity index (χ1) is 14.9. The quantitative estimate of drug-likeness (QED) is 0.616. The number of halogens is 1. The van der Waals surface area contributed by atoms with Gasteiger partial charge in [0.1, 0.15) is 10.7 Å². The third kappa shape index (κ3) is 4.57. The maximum absolute atomic E-state index is 13.1. The lowest BCUT2D eigenvalue weighted by atomic mass is 10.2. The summed E-state index contributed by atoms with van der Waals surface area (Å²) in [6.45, 7) is 2.40. The molecule has 1 fully saturated rings. The van der Waals surface area contributed by atoms with E-state index in [1.807, 2.05) is 30.3 Å². The second-order valence-electron chi connectivity index (χ2n) is 7.22. The van der Waals surface area contributed by atoms with Gasteiger partial charge in [-0.05, 0) is 30.2 Å². The molecule has 160 valence electrons. The average molecular weight is 441 g/mol. The minimum absolute atomic E-state index is 0.0877. The van der Waals surface area contributed by atoms with E-state index in [0.717, 1.165) is 22.5 Å². The fourth-order valence-corrected chi connectivity index (χ4v) is 4.36. The number of aliphatic hydroxyl groups is 1. The van der Waals surface area contributed by atoms with Crippen LogP contribution in [0.4, 0.5) is 14.3 Å². The molecule has 0 aliphatic carbocycles. The van der Waals surface area contributed by atoms with E-state index in [-0.39, 0.29) is 29.9 Å². The van der Waals surface area contributed by atoms with Crippen LogP contribution in [0.3, 0.4) is 0 Å². The Hall–Kier alpha value is -3.30. The number of urea groups is 1. The molecule has 1 aliphatic rings. The van der Waals surface area contributed by atoms with Gasteiger partial charge < -0.3 is 15.3 Å². The number of aromatic nitrogens is 1. The number of aliphatic hydroxyl groups excluding tert-OH is 1. The first-order valence-corrected chi connectivity index (χ1v) is 10.5. The summed E-state index contributed by atoms with van der Waals surface area (Å²) >= 11 is 1.06. The minimum atomic E-state index is -1.08. The maximum atomic E-state index is 13.1. The molecule has 31 heavy (non-hydrogen) atoms. The van der Waals surface area contributed by atoms with Crippen molar-refractivity contribution in [1.29, 1.82) is 0 Å². The second-order valence-corrected chi connectivity index (χ2v) is 8.20. The van der Waals surface area contributed by atoms with E-state index in [2.05, 4.69) is 10.3 Å². The number of hydrogen-bond donors (Lipinski definition) is 2. The largest absolute Gasteiger partial charge is 0.371 e. The number of nitrogens with one attached hydrogen (secondary N) is 1. The monoisotopic (exact) mass is 440 g/mol. The van der Waals surface area contributed by atoms with Gasteiger partial charge in [0.05, 0.1) is 12.2 Å². The summed E-state index contributed by atoms with van der Waals surface area (Å²) in [6, 6.07) is 15.0. The van der Waals surface area contributed by atoms with Gasteiger partial charge in [-0.1, -0.05) is 53.8 Å². The van der Waals surface area contributed by atoms with Crippen LogP contribution in [0.1, 0.15) is 26.5 Å². The molecule has 1 aliphatic heterocycles. The van der Waals surface area contributed by atoms with E-state index < -0.39 is 12.3 Å². The molecular weight excluding hydrogens is 419 g/mol. The molecule has 9 heteroatoms. The van der Waals surface area contributed by atoms with Crippen molar-refractivity contribution >= 4 is 28.4 Å². The predicted octanol–water partition coefficient (Wildman–Crippen LogP) is 3.28. The first kappa shape index (κ1) is 21.0.